The van der Waals surface area contributed by atoms with Crippen LogP contribution in [0.5, 0.6) is 5.75 Å². The second-order valence-corrected chi connectivity index (χ2v) is 19.0. The maximum Gasteiger partial charge on any atom is 0.407 e. The summed E-state index contributed by atoms with van der Waals surface area (Å²) in [6.07, 6.45) is 7.10. The number of aromatic amines is 2. The smallest absolute Gasteiger partial charge is 0.407 e. The number of H-pyrrole nitrogens is 2. The van der Waals surface area contributed by atoms with Gasteiger partial charge in [0.1, 0.15) is 29.5 Å². The summed E-state index contributed by atoms with van der Waals surface area (Å²) in [5.41, 5.74) is 7.45. The molecule has 17 heteroatoms. The minimum absolute atomic E-state index is 0.130. The van der Waals surface area contributed by atoms with Crippen LogP contribution in [0.25, 0.3) is 44.7 Å². The molecule has 2 fully saturated rings. The van der Waals surface area contributed by atoms with Crippen molar-refractivity contribution < 1.29 is 33.4 Å². The van der Waals surface area contributed by atoms with Crippen LogP contribution in [0.1, 0.15) is 88.9 Å². The highest BCUT2D eigenvalue weighted by molar-refractivity contribution is 7.98. The summed E-state index contributed by atoms with van der Waals surface area (Å²) in [6.45, 7) is 8.75. The molecule has 0 saturated carbocycles. The highest BCUT2D eigenvalue weighted by Gasteiger charge is 2.39. The van der Waals surface area contributed by atoms with E-state index < -0.39 is 30.5 Å². The lowest BCUT2D eigenvalue weighted by atomic mass is 10.0. The van der Waals surface area contributed by atoms with Crippen LogP contribution >= 0.6 is 11.8 Å². The van der Waals surface area contributed by atoms with Gasteiger partial charge >= 0.3 is 12.2 Å². The van der Waals surface area contributed by atoms with Crippen LogP contribution in [0.15, 0.2) is 84.0 Å². The van der Waals surface area contributed by atoms with E-state index in [0.29, 0.717) is 24.7 Å². The van der Waals surface area contributed by atoms with Gasteiger partial charge in [-0.15, -0.1) is 11.8 Å². The number of amides is 4. The zero-order valence-electron chi connectivity index (χ0n) is 38.8. The van der Waals surface area contributed by atoms with E-state index >= 15 is 0 Å². The van der Waals surface area contributed by atoms with Gasteiger partial charge in [-0.05, 0) is 86.2 Å². The summed E-state index contributed by atoms with van der Waals surface area (Å²) < 4.78 is 18.9. The number of methoxy groups -OCH3 is 2. The Morgan fingerprint density at radius 3 is 1.87 bits per heavy atom. The first-order valence-corrected chi connectivity index (χ1v) is 24.1. The van der Waals surface area contributed by atoms with Crippen LogP contribution in [0, 0.1) is 11.8 Å². The summed E-state index contributed by atoms with van der Waals surface area (Å²) in [5, 5.41) is 6.47. The van der Waals surface area contributed by atoms with Gasteiger partial charge in [0.25, 0.3) is 0 Å². The molecule has 0 spiro atoms. The Hall–Kier alpha value is -6.75. The minimum Gasteiger partial charge on any atom is -0.465 e. The van der Waals surface area contributed by atoms with Crippen molar-refractivity contribution in [1.29, 1.82) is 0 Å². The number of nitrogens with one attached hydrogen (secondary N) is 4. The molecule has 9 rings (SSSR count). The van der Waals surface area contributed by atoms with Crippen LogP contribution in [-0.4, -0.2) is 104 Å². The number of alkyl carbamates (subject to hydrolysis) is 2. The van der Waals surface area contributed by atoms with E-state index in [-0.39, 0.29) is 35.7 Å². The monoisotopic (exact) mass is 927 g/mol. The van der Waals surface area contributed by atoms with Crippen LogP contribution in [0.2, 0.25) is 0 Å². The lowest BCUT2D eigenvalue weighted by molar-refractivity contribution is -0.136. The Bertz CT molecular complexity index is 2830. The second kappa shape index (κ2) is 18.9. The Morgan fingerprint density at radius 2 is 1.31 bits per heavy atom. The molecule has 4 amide bonds. The number of aromatic nitrogens is 5. The summed E-state index contributed by atoms with van der Waals surface area (Å²) in [5.74, 6) is 1.54. The number of carbonyl (C=O) groups excluding carboxylic acids is 4. The zero-order chi connectivity index (χ0) is 47.1. The lowest BCUT2D eigenvalue weighted by Crippen LogP contribution is -2.51. The number of ether oxygens (including phenoxy) is 3. The third-order valence-corrected chi connectivity index (χ3v) is 14.0. The number of thioether (sulfide) groups is 1. The van der Waals surface area contributed by atoms with Crippen molar-refractivity contribution in [3.63, 3.8) is 0 Å². The summed E-state index contributed by atoms with van der Waals surface area (Å²) in [6, 6.07) is 21.2. The maximum absolute atomic E-state index is 13.8. The molecular formula is C50H57N9O7S. The topological polar surface area (TPSA) is 189 Å². The van der Waals surface area contributed by atoms with Gasteiger partial charge in [-0.25, -0.2) is 19.6 Å². The molecule has 0 aliphatic carbocycles. The Balaban J connectivity index is 1.02. The number of fused-ring (bicyclic) bond motifs is 5. The molecule has 3 aromatic heterocycles. The third kappa shape index (κ3) is 8.72. The molecule has 2 saturated heterocycles. The highest BCUT2D eigenvalue weighted by Crippen LogP contribution is 2.46. The van der Waals surface area contributed by atoms with Gasteiger partial charge in [0.15, 0.2) is 0 Å². The standard InChI is InChI=1S/C50H57N9O7S/c1-27(2)42(55-49(62)64-5)46(60)57-19-9-13-38(57)44-51-25-35(53-44)29-16-18-37-32(21-29)23-40-34-17-15-30(24-41(34)66-48(59(37)40)31-11-8-12-33(22-31)67-7)36-26-52-45(54-36)39-14-10-20-58(39)47(61)43(28(3)4)56-50(63)65-6/h8,11-12,15-18,21-28,38-39,42-43,48H,9-10,13-14,19-20H2,1-7H3,(H,51,53)(H,52,54)(H,55,62)(H,56,63)/t38-,39-,42+,43+,48?/m0/s1. The number of hydrogen-bond acceptors (Lipinski definition) is 10. The Kier molecular flexibility index (Phi) is 12.8. The average molecular weight is 928 g/mol. The summed E-state index contributed by atoms with van der Waals surface area (Å²) in [7, 11) is 2.58. The molecule has 6 aromatic rings. The Morgan fingerprint density at radius 1 is 0.746 bits per heavy atom. The van der Waals surface area contributed by atoms with E-state index in [1.54, 1.807) is 18.0 Å². The predicted octanol–water partition coefficient (Wildman–Crippen LogP) is 8.84. The Labute approximate surface area is 393 Å². The average Bonchev–Trinajstić information content (AvgIpc) is 4.20. The normalized spacial score (nSPS) is 18.7. The van der Waals surface area contributed by atoms with Crippen LogP contribution < -0.4 is 15.4 Å². The fourth-order valence-electron chi connectivity index (χ4n) is 9.74. The summed E-state index contributed by atoms with van der Waals surface area (Å²) in [4.78, 5) is 73.3. The molecule has 3 aliphatic heterocycles. The number of imidazole rings is 2. The first-order valence-electron chi connectivity index (χ1n) is 22.9. The van der Waals surface area contributed by atoms with Crippen LogP contribution in [-0.2, 0) is 19.1 Å². The van der Waals surface area contributed by atoms with Gasteiger partial charge in [-0.1, -0.05) is 52.0 Å². The lowest BCUT2D eigenvalue weighted by Gasteiger charge is -2.31. The van der Waals surface area contributed by atoms with Gasteiger partial charge < -0.3 is 49.2 Å². The second-order valence-electron chi connectivity index (χ2n) is 18.1. The molecular weight excluding hydrogens is 871 g/mol. The molecule has 6 heterocycles. The number of nitrogens with zero attached hydrogens (tertiary/aromatic N) is 5. The fourth-order valence-corrected chi connectivity index (χ4v) is 10.2. The van der Waals surface area contributed by atoms with Crippen molar-refractivity contribution in [3.05, 3.63) is 96.3 Å². The van der Waals surface area contributed by atoms with Crippen LogP contribution in [0.4, 0.5) is 9.59 Å². The van der Waals surface area contributed by atoms with Crippen molar-refractivity contribution in [1.82, 2.24) is 44.9 Å². The third-order valence-electron chi connectivity index (χ3n) is 13.2. The molecule has 3 aromatic carbocycles. The zero-order valence-corrected chi connectivity index (χ0v) is 39.6. The molecule has 0 bridgehead atoms. The number of carbonyl (C=O) groups is 4. The SMILES string of the molecule is COC(=O)N[C@@H](C(=O)N1CCC[C@H]1c1ncc(-c2ccc3c(c2)OC(c2cccc(SC)c2)n2c-3cc3cc(-c4cnc([C@@H]5CCCN5C(=O)[C@H](NC(=O)OC)C(C)C)[nH]4)ccc32)[nH]1)C(C)C. The molecule has 3 aliphatic rings. The summed E-state index contributed by atoms with van der Waals surface area (Å²) >= 11 is 1.68. The van der Waals surface area contributed by atoms with Crippen molar-refractivity contribution in [2.45, 2.75) is 88.7 Å². The first-order chi connectivity index (χ1) is 32.4. The van der Waals surface area contributed by atoms with E-state index in [0.717, 1.165) is 86.6 Å². The van der Waals surface area contributed by atoms with Gasteiger partial charge in [0, 0.05) is 45.6 Å². The first kappa shape index (κ1) is 45.4. The van der Waals surface area contributed by atoms with Crippen LogP contribution in [0.3, 0.4) is 0 Å². The van der Waals surface area contributed by atoms with Gasteiger partial charge in [0.2, 0.25) is 18.0 Å². The molecule has 5 atom stereocenters. The van der Waals surface area contributed by atoms with Crippen molar-refractivity contribution in [2.75, 3.05) is 33.6 Å². The van der Waals surface area contributed by atoms with Gasteiger partial charge in [-0.2, -0.15) is 0 Å². The van der Waals surface area contributed by atoms with E-state index in [1.165, 1.54) is 14.2 Å². The minimum atomic E-state index is -0.722. The van der Waals surface area contributed by atoms with Gasteiger partial charge in [-0.3, -0.25) is 9.59 Å². The molecule has 0 radical (unpaired) electrons. The molecule has 67 heavy (non-hydrogen) atoms. The van der Waals surface area contributed by atoms with E-state index in [2.05, 4.69) is 98.2 Å². The number of hydrogen-bond donors (Lipinski definition) is 4. The molecule has 1 unspecified atom stereocenters. The predicted molar refractivity (Wildman–Crippen MR) is 255 cm³/mol. The largest absolute Gasteiger partial charge is 0.465 e. The molecule has 16 nitrogen and oxygen atoms in total. The quantitative estimate of drug-likeness (QED) is 0.0864. The van der Waals surface area contributed by atoms with Crippen molar-refractivity contribution in [2.24, 2.45) is 11.8 Å². The number of benzene rings is 3. The maximum atomic E-state index is 13.8. The highest BCUT2D eigenvalue weighted by atomic mass is 32.2. The van der Waals surface area contributed by atoms with Crippen molar-refractivity contribution >= 4 is 46.7 Å². The van der Waals surface area contributed by atoms with E-state index in [9.17, 15) is 19.2 Å². The van der Waals surface area contributed by atoms with Gasteiger partial charge in [0.05, 0.1) is 61.3 Å². The number of rotatable bonds is 12. The fraction of sp³-hybridized carbons (Fsp3) is 0.400. The van der Waals surface area contributed by atoms with E-state index in [1.807, 2.05) is 43.7 Å². The number of likely N-dealkylation sites (tertiary alicyclic amines) is 2. The van der Waals surface area contributed by atoms with E-state index in [4.69, 9.17) is 24.2 Å². The molecule has 4 N–H and O–H groups in total. The van der Waals surface area contributed by atoms with Crippen molar-refractivity contribution in [3.8, 4) is 39.5 Å². The molecule has 350 valence electrons.